The largest absolute Gasteiger partial charge is 0.481 e. The molecule has 19 heavy (non-hydrogen) atoms. The molecule has 0 aromatic heterocycles. The smallest absolute Gasteiger partial charge is 0.308 e. The number of carboxylic acids is 1. The molecule has 0 aromatic carbocycles. The minimum absolute atomic E-state index is 0.0960. The topological polar surface area (TPSA) is 92.4 Å². The molecule has 5 unspecified atom stereocenters. The Bertz CT molecular complexity index is 379. The van der Waals surface area contributed by atoms with Gasteiger partial charge in [-0.1, -0.05) is 6.92 Å². The minimum Gasteiger partial charge on any atom is -0.481 e. The summed E-state index contributed by atoms with van der Waals surface area (Å²) in [5, 5.41) is 12.3. The molecular weight excluding hydrogens is 244 g/mol. The van der Waals surface area contributed by atoms with Crippen molar-refractivity contribution in [2.45, 2.75) is 45.6 Å². The zero-order valence-corrected chi connectivity index (χ0v) is 11.7. The molecule has 2 saturated carbocycles. The lowest BCUT2D eigenvalue weighted by Crippen LogP contribution is -2.52. The van der Waals surface area contributed by atoms with Gasteiger partial charge in [0.25, 0.3) is 0 Å². The number of hydrogen-bond donors (Lipinski definition) is 3. The Labute approximate surface area is 113 Å². The lowest BCUT2D eigenvalue weighted by molar-refractivity contribution is -0.145. The molecule has 5 heteroatoms. The van der Waals surface area contributed by atoms with Crippen molar-refractivity contribution >= 4 is 11.9 Å². The second-order valence-corrected chi connectivity index (χ2v) is 6.31. The van der Waals surface area contributed by atoms with Crippen molar-refractivity contribution in [1.29, 1.82) is 0 Å². The number of aliphatic carboxylic acids is 1. The molecule has 4 N–H and O–H groups in total. The monoisotopic (exact) mass is 268 g/mol. The van der Waals surface area contributed by atoms with E-state index in [4.69, 9.17) is 5.73 Å². The quantitative estimate of drug-likeness (QED) is 0.693. The first kappa shape index (κ1) is 14.3. The number of rotatable bonds is 5. The van der Waals surface area contributed by atoms with Gasteiger partial charge >= 0.3 is 5.97 Å². The molecule has 0 heterocycles. The Morgan fingerprint density at radius 2 is 2.00 bits per heavy atom. The highest BCUT2D eigenvalue weighted by Crippen LogP contribution is 2.48. The van der Waals surface area contributed by atoms with E-state index in [1.165, 1.54) is 0 Å². The Morgan fingerprint density at radius 3 is 2.53 bits per heavy atom. The number of nitrogens with two attached hydrogens (primary N) is 1. The van der Waals surface area contributed by atoms with Gasteiger partial charge in [0.05, 0.1) is 11.3 Å². The first-order valence-electron chi connectivity index (χ1n) is 7.16. The van der Waals surface area contributed by atoms with Gasteiger partial charge in [-0.3, -0.25) is 9.59 Å². The van der Waals surface area contributed by atoms with Crippen LogP contribution in [0, 0.1) is 23.2 Å². The van der Waals surface area contributed by atoms with Crippen molar-refractivity contribution in [3.8, 4) is 0 Å². The molecule has 108 valence electrons. The third-order valence-electron chi connectivity index (χ3n) is 5.28. The standard InChI is InChI=1S/C14H24N2O3/c1-3-14(2,7-15)13(19)16-11-9-5-4-8(6-9)10(11)12(17)18/h8-11H,3-7,15H2,1-2H3,(H,16,19)(H,17,18). The number of carbonyl (C=O) groups excluding carboxylic acids is 1. The molecule has 0 radical (unpaired) electrons. The molecule has 5 nitrogen and oxygen atoms in total. The van der Waals surface area contributed by atoms with Crippen molar-refractivity contribution in [3.05, 3.63) is 0 Å². The molecule has 0 aromatic rings. The van der Waals surface area contributed by atoms with Crippen molar-refractivity contribution in [3.63, 3.8) is 0 Å². The summed E-state index contributed by atoms with van der Waals surface area (Å²) < 4.78 is 0. The highest BCUT2D eigenvalue weighted by Gasteiger charge is 2.52. The van der Waals surface area contributed by atoms with Crippen LogP contribution in [0.1, 0.15) is 39.5 Å². The summed E-state index contributed by atoms with van der Waals surface area (Å²) in [7, 11) is 0. The van der Waals surface area contributed by atoms with Gasteiger partial charge in [0, 0.05) is 12.6 Å². The van der Waals surface area contributed by atoms with E-state index in [2.05, 4.69) is 5.32 Å². The molecule has 5 atom stereocenters. The van der Waals surface area contributed by atoms with E-state index < -0.39 is 17.3 Å². The molecule has 0 saturated heterocycles. The van der Waals surface area contributed by atoms with Crippen LogP contribution in [0.3, 0.4) is 0 Å². The maximum atomic E-state index is 12.3. The fourth-order valence-electron chi connectivity index (χ4n) is 3.58. The lowest BCUT2D eigenvalue weighted by atomic mass is 9.82. The van der Waals surface area contributed by atoms with Gasteiger partial charge in [0.2, 0.25) is 5.91 Å². The fourth-order valence-corrected chi connectivity index (χ4v) is 3.58. The van der Waals surface area contributed by atoms with E-state index >= 15 is 0 Å². The van der Waals surface area contributed by atoms with E-state index in [1.807, 2.05) is 13.8 Å². The van der Waals surface area contributed by atoms with Gasteiger partial charge in [-0.15, -0.1) is 0 Å². The molecule has 1 amide bonds. The summed E-state index contributed by atoms with van der Waals surface area (Å²) in [6, 6.07) is -0.207. The average molecular weight is 268 g/mol. The fraction of sp³-hybridized carbons (Fsp3) is 0.857. The van der Waals surface area contributed by atoms with E-state index in [9.17, 15) is 14.7 Å². The summed E-state index contributed by atoms with van der Waals surface area (Å²) in [6.45, 7) is 4.06. The predicted octanol–water partition coefficient (Wildman–Crippen LogP) is 0.977. The summed E-state index contributed by atoms with van der Waals surface area (Å²) >= 11 is 0. The van der Waals surface area contributed by atoms with Crippen LogP contribution in [0.25, 0.3) is 0 Å². The molecule has 2 aliphatic rings. The van der Waals surface area contributed by atoms with Crippen molar-refractivity contribution in [1.82, 2.24) is 5.32 Å². The third-order valence-corrected chi connectivity index (χ3v) is 5.28. The van der Waals surface area contributed by atoms with Crippen molar-refractivity contribution < 1.29 is 14.7 Å². The normalized spacial score (nSPS) is 35.9. The second-order valence-electron chi connectivity index (χ2n) is 6.31. The van der Waals surface area contributed by atoms with Gasteiger partial charge in [0.15, 0.2) is 0 Å². The van der Waals surface area contributed by atoms with Gasteiger partial charge < -0.3 is 16.2 Å². The molecule has 2 bridgehead atoms. The van der Waals surface area contributed by atoms with Crippen LogP contribution in [0.4, 0.5) is 0 Å². The molecule has 0 spiro atoms. The van der Waals surface area contributed by atoms with Crippen LogP contribution in [0.5, 0.6) is 0 Å². The number of nitrogens with one attached hydrogen (secondary N) is 1. The van der Waals surface area contributed by atoms with E-state index in [0.29, 0.717) is 12.3 Å². The Hall–Kier alpha value is -1.10. The van der Waals surface area contributed by atoms with Gasteiger partial charge in [0.1, 0.15) is 0 Å². The van der Waals surface area contributed by atoms with E-state index in [1.54, 1.807) is 0 Å². The van der Waals surface area contributed by atoms with Gasteiger partial charge in [-0.05, 0) is 44.4 Å². The molecular formula is C14H24N2O3. The number of hydrogen-bond acceptors (Lipinski definition) is 3. The first-order valence-corrected chi connectivity index (χ1v) is 7.16. The highest BCUT2D eigenvalue weighted by atomic mass is 16.4. The first-order chi connectivity index (χ1) is 8.92. The molecule has 2 rings (SSSR count). The van der Waals surface area contributed by atoms with Crippen LogP contribution in [0.15, 0.2) is 0 Å². The SMILES string of the molecule is CCC(C)(CN)C(=O)NC1C2CCC(C2)C1C(=O)O. The summed E-state index contributed by atoms with van der Waals surface area (Å²) in [4.78, 5) is 23.7. The summed E-state index contributed by atoms with van der Waals surface area (Å²) in [6.07, 6.45) is 3.61. The Kier molecular flexibility index (Phi) is 3.85. The maximum absolute atomic E-state index is 12.3. The van der Waals surface area contributed by atoms with E-state index in [-0.39, 0.29) is 24.4 Å². The van der Waals surface area contributed by atoms with Crippen LogP contribution in [-0.2, 0) is 9.59 Å². The second kappa shape index (κ2) is 5.12. The third kappa shape index (κ3) is 2.36. The van der Waals surface area contributed by atoms with Gasteiger partial charge in [-0.2, -0.15) is 0 Å². The zero-order valence-electron chi connectivity index (χ0n) is 11.7. The van der Waals surface area contributed by atoms with Crippen LogP contribution >= 0.6 is 0 Å². The number of carboxylic acid groups (broad SMARTS) is 1. The van der Waals surface area contributed by atoms with Crippen LogP contribution in [0.2, 0.25) is 0 Å². The maximum Gasteiger partial charge on any atom is 0.308 e. The molecule has 2 fully saturated rings. The van der Waals surface area contributed by atoms with Gasteiger partial charge in [-0.25, -0.2) is 0 Å². The lowest BCUT2D eigenvalue weighted by Gasteiger charge is -2.33. The Morgan fingerprint density at radius 1 is 1.37 bits per heavy atom. The number of fused-ring (bicyclic) bond motifs is 2. The molecule has 0 aliphatic heterocycles. The summed E-state index contributed by atoms with van der Waals surface area (Å²) in [5.74, 6) is -0.723. The van der Waals surface area contributed by atoms with Crippen LogP contribution < -0.4 is 11.1 Å². The molecule has 2 aliphatic carbocycles. The average Bonchev–Trinajstić information content (AvgIpc) is 2.98. The number of amides is 1. The zero-order chi connectivity index (χ0) is 14.2. The van der Waals surface area contributed by atoms with Crippen molar-refractivity contribution in [2.75, 3.05) is 6.54 Å². The minimum atomic E-state index is -0.775. The Balaban J connectivity index is 2.10. The highest BCUT2D eigenvalue weighted by molar-refractivity contribution is 5.84. The van der Waals surface area contributed by atoms with Crippen molar-refractivity contribution in [2.24, 2.45) is 28.9 Å². The van der Waals surface area contributed by atoms with Crippen LogP contribution in [-0.4, -0.2) is 29.6 Å². The number of carbonyl (C=O) groups is 2. The summed E-state index contributed by atoms with van der Waals surface area (Å²) in [5.41, 5.74) is 5.09. The predicted molar refractivity (Wildman–Crippen MR) is 71.3 cm³/mol. The van der Waals surface area contributed by atoms with E-state index in [0.717, 1.165) is 19.3 Å².